The number of hydrogen-bond acceptors (Lipinski definition) is 7. The molecule has 63 heavy (non-hydrogen) atoms. The van der Waals surface area contributed by atoms with E-state index in [1.807, 2.05) is 0 Å². The lowest BCUT2D eigenvalue weighted by Gasteiger charge is -2.34. The van der Waals surface area contributed by atoms with Gasteiger partial charge in [-0.2, -0.15) is 0 Å². The Balaban J connectivity index is 4.35. The molecule has 0 fully saturated rings. The van der Waals surface area contributed by atoms with Gasteiger partial charge in [0.05, 0.1) is 40.3 Å². The SMILES string of the molecule is CCCCC/C=C/C/C=C/C/C=C/C/C=C/CCCC(=O)OCC(COCCC(C(=O)[O-])[N+](C)(C)C)OC(=O)CCCCCCCCC/C=C/C/C=C/CCCCCCCCCC. The highest BCUT2D eigenvalue weighted by Crippen LogP contribution is 2.14. The van der Waals surface area contributed by atoms with E-state index in [4.69, 9.17) is 14.2 Å². The first-order valence-corrected chi connectivity index (χ1v) is 25.5. The number of hydrogen-bond donors (Lipinski definition) is 0. The fourth-order valence-electron chi connectivity index (χ4n) is 7.09. The van der Waals surface area contributed by atoms with Crippen molar-refractivity contribution in [3.8, 4) is 0 Å². The van der Waals surface area contributed by atoms with Gasteiger partial charge in [-0.3, -0.25) is 9.59 Å². The Hall–Kier alpha value is -3.23. The number of nitrogens with zero attached hydrogens (tertiary/aromatic N) is 1. The first-order chi connectivity index (χ1) is 30.6. The lowest BCUT2D eigenvalue weighted by atomic mass is 10.1. The van der Waals surface area contributed by atoms with E-state index in [0.29, 0.717) is 12.8 Å². The summed E-state index contributed by atoms with van der Waals surface area (Å²) < 4.78 is 17.2. The maximum absolute atomic E-state index is 12.8. The molecule has 362 valence electrons. The normalized spacial score (nSPS) is 13.5. The smallest absolute Gasteiger partial charge is 0.306 e. The van der Waals surface area contributed by atoms with Crippen LogP contribution >= 0.6 is 0 Å². The minimum atomic E-state index is -1.13. The summed E-state index contributed by atoms with van der Waals surface area (Å²) in [6, 6.07) is -0.739. The van der Waals surface area contributed by atoms with Gasteiger partial charge in [0.1, 0.15) is 12.6 Å². The van der Waals surface area contributed by atoms with Gasteiger partial charge in [-0.1, -0.05) is 177 Å². The van der Waals surface area contributed by atoms with Gasteiger partial charge in [-0.25, -0.2) is 0 Å². The molecule has 0 aromatic heterocycles. The van der Waals surface area contributed by atoms with E-state index in [9.17, 15) is 19.5 Å². The predicted octanol–water partition coefficient (Wildman–Crippen LogP) is 13.4. The van der Waals surface area contributed by atoms with Crippen molar-refractivity contribution >= 4 is 17.9 Å². The molecule has 0 amide bonds. The highest BCUT2D eigenvalue weighted by Gasteiger charge is 2.25. The van der Waals surface area contributed by atoms with E-state index in [2.05, 4.69) is 86.8 Å². The number of quaternary nitrogens is 1. The molecule has 0 spiro atoms. The Morgan fingerprint density at radius 2 is 0.857 bits per heavy atom. The topological polar surface area (TPSA) is 102 Å². The molecule has 0 saturated carbocycles. The molecule has 8 heteroatoms. The van der Waals surface area contributed by atoms with Crippen LogP contribution in [0.3, 0.4) is 0 Å². The van der Waals surface area contributed by atoms with E-state index < -0.39 is 18.1 Å². The largest absolute Gasteiger partial charge is 0.544 e. The molecule has 0 aliphatic rings. The van der Waals surface area contributed by atoms with Crippen molar-refractivity contribution in [3.63, 3.8) is 0 Å². The maximum Gasteiger partial charge on any atom is 0.306 e. The van der Waals surface area contributed by atoms with Gasteiger partial charge in [0.2, 0.25) is 0 Å². The summed E-state index contributed by atoms with van der Waals surface area (Å²) in [5, 5.41) is 11.7. The number of carboxylic acid groups (broad SMARTS) is 1. The number of rotatable bonds is 45. The summed E-state index contributed by atoms with van der Waals surface area (Å²) in [5.74, 6) is -1.82. The number of carboxylic acids is 1. The molecule has 0 aliphatic carbocycles. The first kappa shape index (κ1) is 59.8. The number of esters is 2. The van der Waals surface area contributed by atoms with Gasteiger partial charge in [0, 0.05) is 19.3 Å². The monoisotopic (exact) mass is 882 g/mol. The molecule has 0 heterocycles. The lowest BCUT2D eigenvalue weighted by molar-refractivity contribution is -0.889. The number of likely N-dealkylation sites (N-methyl/N-ethyl adjacent to an activating group) is 1. The Morgan fingerprint density at radius 3 is 1.32 bits per heavy atom. The number of unbranched alkanes of at least 4 members (excludes halogenated alkanes) is 19. The van der Waals surface area contributed by atoms with Crippen LogP contribution in [0.25, 0.3) is 0 Å². The summed E-state index contributed by atoms with van der Waals surface area (Å²) in [7, 11) is 5.39. The van der Waals surface area contributed by atoms with Gasteiger partial charge >= 0.3 is 11.9 Å². The predicted molar refractivity (Wildman–Crippen MR) is 263 cm³/mol. The lowest BCUT2D eigenvalue weighted by Crippen LogP contribution is -2.55. The van der Waals surface area contributed by atoms with Crippen molar-refractivity contribution in [2.45, 2.75) is 219 Å². The Morgan fingerprint density at radius 1 is 0.476 bits per heavy atom. The summed E-state index contributed by atoms with van der Waals surface area (Å²) in [6.45, 7) is 4.57. The molecule has 8 nitrogen and oxygen atoms in total. The van der Waals surface area contributed by atoms with Crippen LogP contribution in [0.4, 0.5) is 0 Å². The highest BCUT2D eigenvalue weighted by atomic mass is 16.6. The van der Waals surface area contributed by atoms with E-state index in [1.165, 1.54) is 103 Å². The minimum Gasteiger partial charge on any atom is -0.544 e. The highest BCUT2D eigenvalue weighted by molar-refractivity contribution is 5.70. The zero-order valence-corrected chi connectivity index (χ0v) is 41.2. The molecule has 0 aliphatic heterocycles. The third-order valence-corrected chi connectivity index (χ3v) is 11.1. The molecule has 0 saturated heterocycles. The molecule has 2 atom stereocenters. The molecule has 0 radical (unpaired) electrons. The van der Waals surface area contributed by atoms with Crippen molar-refractivity contribution in [2.24, 2.45) is 0 Å². The third-order valence-electron chi connectivity index (χ3n) is 11.1. The zero-order chi connectivity index (χ0) is 46.3. The summed E-state index contributed by atoms with van der Waals surface area (Å²) in [6.07, 6.45) is 58.0. The molecular formula is C55H95NO7. The molecule has 0 aromatic carbocycles. The molecule has 0 aromatic rings. The average Bonchev–Trinajstić information content (AvgIpc) is 3.24. The second-order valence-electron chi connectivity index (χ2n) is 18.0. The van der Waals surface area contributed by atoms with Crippen LogP contribution in [0, 0.1) is 0 Å². The second-order valence-corrected chi connectivity index (χ2v) is 18.0. The fraction of sp³-hybridized carbons (Fsp3) is 0.727. The van der Waals surface area contributed by atoms with Crippen LogP contribution in [-0.4, -0.2) is 75.5 Å². The standard InChI is InChI=1S/C55H95NO7/c1-6-8-10-12-14-16-18-20-22-24-25-26-27-28-30-32-34-36-38-40-42-44-46-54(58)63-51(49-61-48-47-52(55(59)60)56(3,4)5)50-62-53(57)45-43-41-39-37-35-33-31-29-23-21-19-17-15-13-11-9-7-2/h15,17,21,23-25,27-28,31,33,37,39,51-52H,6-14,16,18-20,22,26,29-30,32,34-36,38,40-50H2,1-5H3/b17-15+,23-21+,25-24+,28-27+,33-31+,39-37+. The van der Waals surface area contributed by atoms with Gasteiger partial charge in [-0.05, 0) is 83.5 Å². The molecule has 0 N–H and O–H groups in total. The van der Waals surface area contributed by atoms with E-state index in [1.54, 1.807) is 21.1 Å². The van der Waals surface area contributed by atoms with Crippen molar-refractivity contribution in [3.05, 3.63) is 72.9 Å². The molecule has 2 unspecified atom stereocenters. The first-order valence-electron chi connectivity index (χ1n) is 25.5. The summed E-state index contributed by atoms with van der Waals surface area (Å²) in [5.41, 5.74) is 0. The van der Waals surface area contributed by atoms with E-state index in [-0.39, 0.29) is 49.1 Å². The quantitative estimate of drug-likeness (QED) is 0.0260. The zero-order valence-electron chi connectivity index (χ0n) is 41.2. The van der Waals surface area contributed by atoms with Crippen molar-refractivity contribution in [2.75, 3.05) is 41.0 Å². The van der Waals surface area contributed by atoms with Gasteiger partial charge in [0.25, 0.3) is 0 Å². The van der Waals surface area contributed by atoms with Crippen LogP contribution in [0.15, 0.2) is 72.9 Å². The van der Waals surface area contributed by atoms with Gasteiger partial charge < -0.3 is 28.6 Å². The van der Waals surface area contributed by atoms with Crippen molar-refractivity contribution in [1.82, 2.24) is 0 Å². The number of carbonyl (C=O) groups is 3. The van der Waals surface area contributed by atoms with Gasteiger partial charge in [0.15, 0.2) is 6.10 Å². The number of aliphatic carboxylic acids is 1. The van der Waals surface area contributed by atoms with Gasteiger partial charge in [-0.15, -0.1) is 0 Å². The Labute approximate surface area is 387 Å². The Kier molecular flexibility index (Phi) is 43.0. The Bertz CT molecular complexity index is 1260. The van der Waals surface area contributed by atoms with Crippen LogP contribution < -0.4 is 5.11 Å². The van der Waals surface area contributed by atoms with Crippen molar-refractivity contribution < 1.29 is 38.2 Å². The maximum atomic E-state index is 12.8. The van der Waals surface area contributed by atoms with Crippen LogP contribution in [0.5, 0.6) is 0 Å². The van der Waals surface area contributed by atoms with Crippen molar-refractivity contribution in [1.29, 1.82) is 0 Å². The number of allylic oxidation sites excluding steroid dienone is 12. The fourth-order valence-corrected chi connectivity index (χ4v) is 7.09. The number of ether oxygens (including phenoxy) is 3. The van der Waals surface area contributed by atoms with Crippen LogP contribution in [0.2, 0.25) is 0 Å². The average molecular weight is 882 g/mol. The van der Waals surface area contributed by atoms with Crippen LogP contribution in [0.1, 0.15) is 206 Å². The minimum absolute atomic E-state index is 0.0173. The summed E-state index contributed by atoms with van der Waals surface area (Å²) >= 11 is 0. The van der Waals surface area contributed by atoms with Crippen LogP contribution in [-0.2, 0) is 28.6 Å². The van der Waals surface area contributed by atoms with E-state index >= 15 is 0 Å². The second kappa shape index (κ2) is 45.3. The molecule has 0 bridgehead atoms. The summed E-state index contributed by atoms with van der Waals surface area (Å²) in [4.78, 5) is 37.0. The molecule has 0 rings (SSSR count). The van der Waals surface area contributed by atoms with E-state index in [0.717, 1.165) is 64.2 Å². The third kappa shape index (κ3) is 43.8. The molecular weight excluding hydrogens is 787 g/mol. The number of carbonyl (C=O) groups excluding carboxylic acids is 3.